The van der Waals surface area contributed by atoms with Crippen LogP contribution in [0.5, 0.6) is 0 Å². The highest BCUT2D eigenvalue weighted by Crippen LogP contribution is 2.55. The Labute approximate surface area is 123 Å². The molecule has 0 unspecified atom stereocenters. The normalized spacial score (nSPS) is 32.0. The molecule has 2 bridgehead atoms. The van der Waals surface area contributed by atoms with Crippen molar-refractivity contribution >= 4 is 5.69 Å². The lowest BCUT2D eigenvalue weighted by molar-refractivity contribution is -0.0233. The maximum atomic E-state index is 6.15. The molecule has 20 heavy (non-hydrogen) atoms. The monoisotopic (exact) mass is 273 g/mol. The van der Waals surface area contributed by atoms with Crippen molar-refractivity contribution in [2.75, 3.05) is 19.0 Å². The summed E-state index contributed by atoms with van der Waals surface area (Å²) in [6.07, 6.45) is 4.86. The molecule has 0 heterocycles. The quantitative estimate of drug-likeness (QED) is 0.820. The minimum absolute atomic E-state index is 0.358. The fraction of sp³-hybridized carbons (Fsp3) is 0.667. The van der Waals surface area contributed by atoms with Gasteiger partial charge >= 0.3 is 0 Å². The molecule has 1 aromatic rings. The van der Waals surface area contributed by atoms with Crippen LogP contribution in [-0.4, -0.2) is 26.3 Å². The van der Waals surface area contributed by atoms with Gasteiger partial charge in [-0.15, -0.1) is 0 Å². The van der Waals surface area contributed by atoms with Crippen molar-refractivity contribution in [1.82, 2.24) is 0 Å². The lowest BCUT2D eigenvalue weighted by atomic mass is 9.89. The van der Waals surface area contributed by atoms with Gasteiger partial charge in [-0.1, -0.05) is 12.1 Å². The molecule has 2 heteroatoms. The lowest BCUT2D eigenvalue weighted by Crippen LogP contribution is -2.24. The van der Waals surface area contributed by atoms with Crippen LogP contribution in [0.15, 0.2) is 24.3 Å². The second-order valence-corrected chi connectivity index (χ2v) is 6.97. The third-order valence-electron chi connectivity index (χ3n) is 5.09. The molecule has 4 atom stereocenters. The van der Waals surface area contributed by atoms with Crippen LogP contribution in [0.25, 0.3) is 0 Å². The van der Waals surface area contributed by atoms with Crippen molar-refractivity contribution < 1.29 is 4.74 Å². The molecule has 0 saturated heterocycles. The summed E-state index contributed by atoms with van der Waals surface area (Å²) in [5, 5.41) is 0. The Kier molecular flexibility index (Phi) is 3.76. The first-order valence-corrected chi connectivity index (χ1v) is 7.99. The average molecular weight is 273 g/mol. The van der Waals surface area contributed by atoms with Gasteiger partial charge in [-0.05, 0) is 68.6 Å². The molecular formula is C18H27NO. The van der Waals surface area contributed by atoms with E-state index in [4.69, 9.17) is 4.74 Å². The zero-order valence-electron chi connectivity index (χ0n) is 13.2. The van der Waals surface area contributed by atoms with Crippen LogP contribution < -0.4 is 4.90 Å². The molecule has 2 nitrogen and oxygen atoms in total. The zero-order chi connectivity index (χ0) is 14.3. The molecule has 2 saturated carbocycles. The molecule has 2 aliphatic carbocycles. The standard InChI is InChI=1S/C18H27NO/c1-12(2)20-17-11-14-7-10-16(17)18(14)13-5-8-15(9-6-13)19(3)4/h5-6,8-9,12,14,16-18H,7,10-11H2,1-4H3/t14-,16+,17-,18-/m1/s1. The number of anilines is 1. The smallest absolute Gasteiger partial charge is 0.0615 e. The molecule has 1 aromatic carbocycles. The molecule has 0 radical (unpaired) electrons. The predicted octanol–water partition coefficient (Wildman–Crippen LogP) is 4.06. The minimum Gasteiger partial charge on any atom is -0.378 e. The average Bonchev–Trinajstić information content (AvgIpc) is 2.95. The van der Waals surface area contributed by atoms with Crippen LogP contribution in [0.1, 0.15) is 44.6 Å². The van der Waals surface area contributed by atoms with Crippen LogP contribution in [0, 0.1) is 11.8 Å². The number of benzene rings is 1. The van der Waals surface area contributed by atoms with Gasteiger partial charge in [0.1, 0.15) is 0 Å². The van der Waals surface area contributed by atoms with Gasteiger partial charge in [0.25, 0.3) is 0 Å². The summed E-state index contributed by atoms with van der Waals surface area (Å²) in [7, 11) is 4.20. The van der Waals surface area contributed by atoms with E-state index in [1.807, 2.05) is 0 Å². The number of nitrogens with zero attached hydrogens (tertiary/aromatic N) is 1. The fourth-order valence-electron chi connectivity index (χ4n) is 4.29. The van der Waals surface area contributed by atoms with Gasteiger partial charge in [-0.3, -0.25) is 0 Å². The van der Waals surface area contributed by atoms with Gasteiger partial charge in [-0.2, -0.15) is 0 Å². The Hall–Kier alpha value is -1.02. The van der Waals surface area contributed by atoms with Crippen LogP contribution in [0.4, 0.5) is 5.69 Å². The van der Waals surface area contributed by atoms with E-state index in [9.17, 15) is 0 Å². The summed E-state index contributed by atoms with van der Waals surface area (Å²) in [6.45, 7) is 4.32. The van der Waals surface area contributed by atoms with Crippen molar-refractivity contribution in [3.8, 4) is 0 Å². The predicted molar refractivity (Wildman–Crippen MR) is 84.4 cm³/mol. The molecular weight excluding hydrogens is 246 g/mol. The van der Waals surface area contributed by atoms with E-state index in [1.165, 1.54) is 30.5 Å². The van der Waals surface area contributed by atoms with Crippen LogP contribution in [0.2, 0.25) is 0 Å². The van der Waals surface area contributed by atoms with Gasteiger partial charge in [-0.25, -0.2) is 0 Å². The number of ether oxygens (including phenoxy) is 1. The third-order valence-corrected chi connectivity index (χ3v) is 5.09. The second-order valence-electron chi connectivity index (χ2n) is 6.97. The second kappa shape index (κ2) is 5.40. The van der Waals surface area contributed by atoms with Crippen LogP contribution in [-0.2, 0) is 4.74 Å². The highest BCUT2D eigenvalue weighted by Gasteiger charge is 2.49. The number of hydrogen-bond acceptors (Lipinski definition) is 2. The summed E-state index contributed by atoms with van der Waals surface area (Å²) < 4.78 is 6.15. The SMILES string of the molecule is CC(C)O[C@@H]1C[C@H]2CC[C@@H]1[C@@H]2c1ccc(N(C)C)cc1. The highest BCUT2D eigenvalue weighted by atomic mass is 16.5. The summed E-state index contributed by atoms with van der Waals surface area (Å²) in [5.74, 6) is 2.32. The molecule has 2 fully saturated rings. The summed E-state index contributed by atoms with van der Waals surface area (Å²) in [6, 6.07) is 9.18. The Balaban J connectivity index is 1.77. The molecule has 2 aliphatic rings. The summed E-state index contributed by atoms with van der Waals surface area (Å²) in [5.41, 5.74) is 2.81. The molecule has 0 aliphatic heterocycles. The van der Waals surface area contributed by atoms with Crippen molar-refractivity contribution in [2.24, 2.45) is 11.8 Å². The van der Waals surface area contributed by atoms with Gasteiger partial charge in [0.15, 0.2) is 0 Å². The van der Waals surface area contributed by atoms with Crippen LogP contribution >= 0.6 is 0 Å². The van der Waals surface area contributed by atoms with Crippen molar-refractivity contribution in [3.05, 3.63) is 29.8 Å². The van der Waals surface area contributed by atoms with Gasteiger partial charge in [0.2, 0.25) is 0 Å². The van der Waals surface area contributed by atoms with Gasteiger partial charge in [0, 0.05) is 19.8 Å². The van der Waals surface area contributed by atoms with E-state index in [0.29, 0.717) is 12.2 Å². The van der Waals surface area contributed by atoms with E-state index < -0.39 is 0 Å². The lowest BCUT2D eigenvalue weighted by Gasteiger charge is -2.25. The third kappa shape index (κ3) is 2.46. The van der Waals surface area contributed by atoms with Crippen molar-refractivity contribution in [3.63, 3.8) is 0 Å². The summed E-state index contributed by atoms with van der Waals surface area (Å²) in [4.78, 5) is 2.16. The van der Waals surface area contributed by atoms with E-state index in [-0.39, 0.29) is 0 Å². The van der Waals surface area contributed by atoms with Crippen molar-refractivity contribution in [2.45, 2.75) is 51.2 Å². The Morgan fingerprint density at radius 1 is 1.10 bits per heavy atom. The first kappa shape index (κ1) is 13.9. The molecule has 0 spiro atoms. The number of rotatable bonds is 4. The van der Waals surface area contributed by atoms with E-state index in [1.54, 1.807) is 0 Å². The van der Waals surface area contributed by atoms with Gasteiger partial charge in [0.05, 0.1) is 12.2 Å². The minimum atomic E-state index is 0.358. The molecule has 0 N–H and O–H groups in total. The summed E-state index contributed by atoms with van der Waals surface area (Å²) >= 11 is 0. The molecule has 0 amide bonds. The Morgan fingerprint density at radius 3 is 2.40 bits per heavy atom. The van der Waals surface area contributed by atoms with Gasteiger partial charge < -0.3 is 9.64 Å². The topological polar surface area (TPSA) is 12.5 Å². The van der Waals surface area contributed by atoms with Crippen LogP contribution in [0.3, 0.4) is 0 Å². The van der Waals surface area contributed by atoms with E-state index in [0.717, 1.165) is 17.8 Å². The van der Waals surface area contributed by atoms with E-state index >= 15 is 0 Å². The molecule has 110 valence electrons. The first-order valence-electron chi connectivity index (χ1n) is 7.99. The van der Waals surface area contributed by atoms with Crippen molar-refractivity contribution in [1.29, 1.82) is 0 Å². The number of fused-ring (bicyclic) bond motifs is 2. The maximum Gasteiger partial charge on any atom is 0.0615 e. The highest BCUT2D eigenvalue weighted by molar-refractivity contribution is 5.47. The largest absolute Gasteiger partial charge is 0.378 e. The fourth-order valence-corrected chi connectivity index (χ4v) is 4.29. The maximum absolute atomic E-state index is 6.15. The number of hydrogen-bond donors (Lipinski definition) is 0. The van der Waals surface area contributed by atoms with E-state index in [2.05, 4.69) is 57.1 Å². The first-order chi connectivity index (χ1) is 9.56. The Bertz CT molecular complexity index is 451. The zero-order valence-corrected chi connectivity index (χ0v) is 13.2. The Morgan fingerprint density at radius 2 is 1.80 bits per heavy atom. The molecule has 0 aromatic heterocycles. The molecule has 3 rings (SSSR count).